The van der Waals surface area contributed by atoms with Crippen LogP contribution in [0.15, 0.2) is 35.3 Å². The van der Waals surface area contributed by atoms with Gasteiger partial charge in [0.1, 0.15) is 5.82 Å². The van der Waals surface area contributed by atoms with E-state index in [0.29, 0.717) is 32.3 Å². The summed E-state index contributed by atoms with van der Waals surface area (Å²) in [5.41, 5.74) is 0.557. The molecule has 144 valence electrons. The SMILES string of the molecule is C#CCn1c(=NC(=O)c2cc(OC)c(OC)c(OC)c2)sc2cccc(F)c21. The molecule has 2 aromatic carbocycles. The summed E-state index contributed by atoms with van der Waals surface area (Å²) >= 11 is 1.18. The van der Waals surface area contributed by atoms with E-state index >= 15 is 0 Å². The molecule has 0 aliphatic rings. The number of thiazole rings is 1. The molecule has 0 saturated carbocycles. The number of amides is 1. The Balaban J connectivity index is 2.17. The number of rotatable bonds is 5. The van der Waals surface area contributed by atoms with Crippen molar-refractivity contribution in [1.29, 1.82) is 0 Å². The van der Waals surface area contributed by atoms with Gasteiger partial charge in [-0.15, -0.1) is 6.42 Å². The molecule has 0 bridgehead atoms. The average Bonchev–Trinajstić information content (AvgIpc) is 3.05. The molecule has 0 aliphatic carbocycles. The van der Waals surface area contributed by atoms with E-state index in [-0.39, 0.29) is 12.1 Å². The minimum absolute atomic E-state index is 0.0856. The third-order valence-corrected chi connectivity index (χ3v) is 5.05. The lowest BCUT2D eigenvalue weighted by Crippen LogP contribution is -2.17. The van der Waals surface area contributed by atoms with Crippen LogP contribution in [0.3, 0.4) is 0 Å². The van der Waals surface area contributed by atoms with Gasteiger partial charge in [0.25, 0.3) is 5.91 Å². The summed E-state index contributed by atoms with van der Waals surface area (Å²) in [5, 5.41) is 0. The Bertz CT molecular complexity index is 1130. The highest BCUT2D eigenvalue weighted by Gasteiger charge is 2.17. The number of carbonyl (C=O) groups excluding carboxylic acids is 1. The third kappa shape index (κ3) is 3.44. The molecule has 0 N–H and O–H groups in total. The van der Waals surface area contributed by atoms with Gasteiger partial charge in [-0.2, -0.15) is 4.99 Å². The number of benzene rings is 2. The van der Waals surface area contributed by atoms with Gasteiger partial charge in [-0.25, -0.2) is 4.39 Å². The van der Waals surface area contributed by atoms with Gasteiger partial charge in [-0.05, 0) is 24.3 Å². The standard InChI is InChI=1S/C20H17FN2O4S/c1-5-9-23-17-13(21)7-6-8-16(17)28-20(23)22-19(24)12-10-14(25-2)18(27-4)15(11-12)26-3/h1,6-8,10-11H,9H2,2-4H3. The number of hydrogen-bond acceptors (Lipinski definition) is 5. The summed E-state index contributed by atoms with van der Waals surface area (Å²) < 4.78 is 32.2. The molecule has 0 spiro atoms. The van der Waals surface area contributed by atoms with Gasteiger partial charge in [0.2, 0.25) is 5.75 Å². The Morgan fingerprint density at radius 1 is 1.21 bits per heavy atom. The quantitative estimate of drug-likeness (QED) is 0.617. The van der Waals surface area contributed by atoms with Crippen LogP contribution in [-0.2, 0) is 6.54 Å². The van der Waals surface area contributed by atoms with Crippen molar-refractivity contribution in [2.75, 3.05) is 21.3 Å². The van der Waals surface area contributed by atoms with Crippen LogP contribution >= 0.6 is 11.3 Å². The summed E-state index contributed by atoms with van der Waals surface area (Å²) in [6.45, 7) is 0.0856. The second kappa shape index (κ2) is 8.15. The fraction of sp³-hybridized carbons (Fsp3) is 0.200. The first kappa shape index (κ1) is 19.5. The molecule has 1 aromatic heterocycles. The van der Waals surface area contributed by atoms with Crippen LogP contribution < -0.4 is 19.0 Å². The zero-order valence-electron chi connectivity index (χ0n) is 15.5. The monoisotopic (exact) mass is 400 g/mol. The molecule has 28 heavy (non-hydrogen) atoms. The molecule has 1 heterocycles. The molecule has 1 amide bonds. The van der Waals surface area contributed by atoms with E-state index in [2.05, 4.69) is 10.9 Å². The second-order valence-corrected chi connectivity index (χ2v) is 6.60. The Morgan fingerprint density at radius 2 is 1.89 bits per heavy atom. The van der Waals surface area contributed by atoms with E-state index in [1.54, 1.807) is 12.1 Å². The molecule has 0 saturated heterocycles. The van der Waals surface area contributed by atoms with Gasteiger partial charge in [-0.1, -0.05) is 23.3 Å². The molecule has 3 aromatic rings. The van der Waals surface area contributed by atoms with Crippen molar-refractivity contribution in [3.63, 3.8) is 0 Å². The minimum Gasteiger partial charge on any atom is -0.493 e. The third-order valence-electron chi connectivity index (χ3n) is 4.01. The summed E-state index contributed by atoms with van der Waals surface area (Å²) in [4.78, 5) is 17.3. The number of carbonyl (C=O) groups is 1. The number of halogens is 1. The highest BCUT2D eigenvalue weighted by molar-refractivity contribution is 7.16. The van der Waals surface area contributed by atoms with Gasteiger partial charge >= 0.3 is 0 Å². The first-order valence-electron chi connectivity index (χ1n) is 8.14. The van der Waals surface area contributed by atoms with E-state index in [0.717, 1.165) is 0 Å². The van der Waals surface area contributed by atoms with E-state index < -0.39 is 11.7 Å². The van der Waals surface area contributed by atoms with Gasteiger partial charge in [0.05, 0.1) is 38.1 Å². The fourth-order valence-corrected chi connectivity index (χ4v) is 3.81. The Labute approximate surface area is 164 Å². The Morgan fingerprint density at radius 3 is 2.46 bits per heavy atom. The van der Waals surface area contributed by atoms with Crippen molar-refractivity contribution < 1.29 is 23.4 Å². The molecule has 0 atom stereocenters. The fourth-order valence-electron chi connectivity index (χ4n) is 2.77. The number of para-hydroxylation sites is 1. The van der Waals surface area contributed by atoms with Crippen LogP contribution in [-0.4, -0.2) is 31.8 Å². The molecule has 0 unspecified atom stereocenters. The first-order valence-corrected chi connectivity index (χ1v) is 8.96. The topological polar surface area (TPSA) is 62.1 Å². The number of aromatic nitrogens is 1. The molecule has 0 aliphatic heterocycles. The predicted molar refractivity (Wildman–Crippen MR) is 105 cm³/mol. The number of nitrogens with zero attached hydrogens (tertiary/aromatic N) is 2. The summed E-state index contributed by atoms with van der Waals surface area (Å²) in [5.74, 6) is 2.53. The van der Waals surface area contributed by atoms with E-state index in [4.69, 9.17) is 20.6 Å². The van der Waals surface area contributed by atoms with Crippen molar-refractivity contribution >= 4 is 27.5 Å². The molecule has 8 heteroatoms. The van der Waals surface area contributed by atoms with Crippen LogP contribution in [0, 0.1) is 18.2 Å². The zero-order chi connectivity index (χ0) is 20.3. The predicted octanol–water partition coefficient (Wildman–Crippen LogP) is 3.24. The lowest BCUT2D eigenvalue weighted by Gasteiger charge is -2.12. The Kier molecular flexibility index (Phi) is 5.66. The normalized spacial score (nSPS) is 11.3. The van der Waals surface area contributed by atoms with Gasteiger partial charge < -0.3 is 18.8 Å². The van der Waals surface area contributed by atoms with Crippen LogP contribution in [0.4, 0.5) is 4.39 Å². The second-order valence-electron chi connectivity index (χ2n) is 5.59. The highest BCUT2D eigenvalue weighted by atomic mass is 32.1. The van der Waals surface area contributed by atoms with E-state index in [1.165, 1.54) is 55.4 Å². The first-order chi connectivity index (χ1) is 13.5. The highest BCUT2D eigenvalue weighted by Crippen LogP contribution is 2.38. The maximum atomic E-state index is 14.3. The number of ether oxygens (including phenoxy) is 3. The lowest BCUT2D eigenvalue weighted by atomic mass is 10.1. The van der Waals surface area contributed by atoms with Crippen molar-refractivity contribution in [2.45, 2.75) is 6.54 Å². The van der Waals surface area contributed by atoms with Gasteiger partial charge in [0, 0.05) is 5.56 Å². The van der Waals surface area contributed by atoms with Crippen LogP contribution in [0.1, 0.15) is 10.4 Å². The smallest absolute Gasteiger partial charge is 0.279 e. The van der Waals surface area contributed by atoms with E-state index in [1.807, 2.05) is 0 Å². The number of methoxy groups -OCH3 is 3. The number of terminal acetylenes is 1. The minimum atomic E-state index is -0.544. The maximum absolute atomic E-state index is 14.3. The van der Waals surface area contributed by atoms with Crippen molar-refractivity contribution in [2.24, 2.45) is 4.99 Å². The van der Waals surface area contributed by atoms with Gasteiger partial charge in [0.15, 0.2) is 16.3 Å². The molecule has 0 fully saturated rings. The van der Waals surface area contributed by atoms with Crippen LogP contribution in [0.2, 0.25) is 0 Å². The molecular formula is C20H17FN2O4S. The molecular weight excluding hydrogens is 383 g/mol. The van der Waals surface area contributed by atoms with Crippen molar-refractivity contribution in [3.05, 3.63) is 46.5 Å². The number of hydrogen-bond donors (Lipinski definition) is 0. The maximum Gasteiger partial charge on any atom is 0.279 e. The number of fused-ring (bicyclic) bond motifs is 1. The molecule has 3 rings (SSSR count). The Hall–Kier alpha value is -3.31. The molecule has 0 radical (unpaired) electrons. The van der Waals surface area contributed by atoms with Crippen LogP contribution in [0.5, 0.6) is 17.2 Å². The lowest BCUT2D eigenvalue weighted by molar-refractivity contribution is 0.0997. The summed E-state index contributed by atoms with van der Waals surface area (Å²) in [7, 11) is 4.39. The van der Waals surface area contributed by atoms with Crippen molar-refractivity contribution in [1.82, 2.24) is 4.57 Å². The average molecular weight is 400 g/mol. The van der Waals surface area contributed by atoms with Crippen molar-refractivity contribution in [3.8, 4) is 29.6 Å². The summed E-state index contributed by atoms with van der Waals surface area (Å²) in [6.07, 6.45) is 5.42. The summed E-state index contributed by atoms with van der Waals surface area (Å²) in [6, 6.07) is 7.70. The van der Waals surface area contributed by atoms with Gasteiger partial charge in [-0.3, -0.25) is 4.79 Å². The molecule has 6 nitrogen and oxygen atoms in total. The zero-order valence-corrected chi connectivity index (χ0v) is 16.3. The van der Waals surface area contributed by atoms with Crippen LogP contribution in [0.25, 0.3) is 10.2 Å². The largest absolute Gasteiger partial charge is 0.493 e. The van der Waals surface area contributed by atoms with E-state index in [9.17, 15) is 9.18 Å².